The number of carbonyl (C=O) groups is 1. The minimum atomic E-state index is -0.661. The van der Waals surface area contributed by atoms with Gasteiger partial charge in [0, 0.05) is 12.1 Å². The highest BCUT2D eigenvalue weighted by molar-refractivity contribution is 6.04. The minimum Gasteiger partial charge on any atom is -0.505 e. The van der Waals surface area contributed by atoms with Crippen LogP contribution in [0, 0.1) is 13.8 Å². The van der Waals surface area contributed by atoms with Crippen LogP contribution in [0.4, 0.5) is 5.82 Å². The number of nitrogens with one attached hydrogen (secondary N) is 1. The molecule has 0 aliphatic carbocycles. The van der Waals surface area contributed by atoms with Gasteiger partial charge in [-0.3, -0.25) is 9.59 Å². The van der Waals surface area contributed by atoms with E-state index >= 15 is 0 Å². The summed E-state index contributed by atoms with van der Waals surface area (Å²) in [4.78, 5) is 25.2. The Bertz CT molecular complexity index is 1290. The van der Waals surface area contributed by atoms with Crippen molar-refractivity contribution in [3.05, 3.63) is 94.0 Å². The second kappa shape index (κ2) is 7.67. The van der Waals surface area contributed by atoms with Gasteiger partial charge in [0.25, 0.3) is 11.5 Å². The summed E-state index contributed by atoms with van der Waals surface area (Å²) in [5.41, 5.74) is 2.09. The molecule has 8 nitrogen and oxygen atoms in total. The summed E-state index contributed by atoms with van der Waals surface area (Å²) in [6.45, 7) is 3.69. The summed E-state index contributed by atoms with van der Waals surface area (Å²) in [7, 11) is 0. The van der Waals surface area contributed by atoms with E-state index in [-0.39, 0.29) is 5.69 Å². The van der Waals surface area contributed by atoms with Crippen LogP contribution in [0.3, 0.4) is 0 Å². The molecule has 2 aromatic heterocycles. The van der Waals surface area contributed by atoms with Crippen molar-refractivity contribution in [3.63, 3.8) is 0 Å². The molecule has 0 fully saturated rings. The molecule has 0 spiro atoms. The van der Waals surface area contributed by atoms with Crippen molar-refractivity contribution in [2.45, 2.75) is 13.8 Å². The van der Waals surface area contributed by atoms with E-state index in [9.17, 15) is 14.7 Å². The van der Waals surface area contributed by atoms with E-state index < -0.39 is 17.2 Å². The number of nitrogens with zero attached hydrogens (tertiary/aromatic N) is 4. The predicted molar refractivity (Wildman–Crippen MR) is 112 cm³/mol. The lowest BCUT2D eigenvalue weighted by Gasteiger charge is -2.11. The molecule has 4 rings (SSSR count). The Kier molecular flexibility index (Phi) is 4.89. The molecule has 0 bridgehead atoms. The maximum Gasteiger partial charge on any atom is 0.281 e. The Morgan fingerprint density at radius 1 is 0.900 bits per heavy atom. The number of aromatic nitrogens is 4. The Morgan fingerprint density at radius 3 is 2.37 bits per heavy atom. The van der Waals surface area contributed by atoms with Crippen LogP contribution in [-0.4, -0.2) is 30.6 Å². The van der Waals surface area contributed by atoms with Crippen molar-refractivity contribution in [2.75, 3.05) is 5.32 Å². The van der Waals surface area contributed by atoms with Crippen LogP contribution in [0.1, 0.15) is 21.7 Å². The van der Waals surface area contributed by atoms with Gasteiger partial charge in [-0.25, -0.2) is 4.68 Å². The topological polar surface area (TPSA) is 102 Å². The summed E-state index contributed by atoms with van der Waals surface area (Å²) in [5.74, 6) is -0.743. The van der Waals surface area contributed by atoms with Crippen LogP contribution < -0.4 is 10.9 Å². The van der Waals surface area contributed by atoms with E-state index in [4.69, 9.17) is 0 Å². The van der Waals surface area contributed by atoms with Gasteiger partial charge in [0.15, 0.2) is 11.4 Å². The minimum absolute atomic E-state index is 0.269. The normalized spacial score (nSPS) is 10.7. The standard InChI is InChI=1S/C22H19N5O3/c1-14-7-6-10-17(11-14)27-20(29)13-18(28)21(25-27)22(30)23-19-12-15(2)24-26(19)16-8-4-3-5-9-16/h3-13,28H,1-2H3,(H,23,30). The fourth-order valence-corrected chi connectivity index (χ4v) is 3.08. The third-order valence-corrected chi connectivity index (χ3v) is 4.45. The zero-order valence-corrected chi connectivity index (χ0v) is 16.4. The van der Waals surface area contributed by atoms with Gasteiger partial charge >= 0.3 is 0 Å². The quantitative estimate of drug-likeness (QED) is 0.547. The molecule has 30 heavy (non-hydrogen) atoms. The Labute approximate surface area is 172 Å². The van der Waals surface area contributed by atoms with Crippen molar-refractivity contribution < 1.29 is 9.90 Å². The Balaban J connectivity index is 1.72. The van der Waals surface area contributed by atoms with E-state index in [0.717, 1.165) is 22.0 Å². The summed E-state index contributed by atoms with van der Waals surface area (Å²) in [5, 5.41) is 21.4. The first kappa shape index (κ1) is 19.1. The molecule has 0 radical (unpaired) electrons. The van der Waals surface area contributed by atoms with Crippen LogP contribution >= 0.6 is 0 Å². The van der Waals surface area contributed by atoms with Crippen LogP contribution in [0.5, 0.6) is 5.75 Å². The van der Waals surface area contributed by atoms with Gasteiger partial charge in [-0.15, -0.1) is 0 Å². The lowest BCUT2D eigenvalue weighted by Crippen LogP contribution is -2.25. The molecule has 0 aliphatic heterocycles. The summed E-state index contributed by atoms with van der Waals surface area (Å²) >= 11 is 0. The molecular formula is C22H19N5O3. The van der Waals surface area contributed by atoms with Crippen molar-refractivity contribution >= 4 is 11.7 Å². The van der Waals surface area contributed by atoms with Gasteiger partial charge in [0.1, 0.15) is 5.82 Å². The number of aromatic hydroxyl groups is 1. The van der Waals surface area contributed by atoms with E-state index in [1.165, 1.54) is 0 Å². The molecule has 4 aromatic rings. The van der Waals surface area contributed by atoms with E-state index in [1.54, 1.807) is 28.9 Å². The average molecular weight is 401 g/mol. The molecule has 0 unspecified atom stereocenters. The third-order valence-electron chi connectivity index (χ3n) is 4.45. The van der Waals surface area contributed by atoms with Crippen LogP contribution in [0.15, 0.2) is 71.5 Å². The number of amides is 1. The van der Waals surface area contributed by atoms with Gasteiger partial charge in [-0.1, -0.05) is 30.3 Å². The molecule has 2 heterocycles. The fraction of sp³-hybridized carbons (Fsp3) is 0.0909. The first-order chi connectivity index (χ1) is 14.4. The Hall–Kier alpha value is -4.20. The number of benzene rings is 2. The number of hydrogen-bond donors (Lipinski definition) is 2. The van der Waals surface area contributed by atoms with Gasteiger partial charge < -0.3 is 10.4 Å². The number of hydrogen-bond acceptors (Lipinski definition) is 5. The van der Waals surface area contributed by atoms with Gasteiger partial charge in [-0.2, -0.15) is 14.9 Å². The molecule has 0 aliphatic rings. The second-order valence-corrected chi connectivity index (χ2v) is 6.84. The summed E-state index contributed by atoms with van der Waals surface area (Å²) < 4.78 is 2.67. The highest BCUT2D eigenvalue weighted by Crippen LogP contribution is 2.20. The molecule has 0 saturated carbocycles. The zero-order valence-electron chi connectivity index (χ0n) is 16.4. The molecule has 150 valence electrons. The molecule has 2 N–H and O–H groups in total. The number of anilines is 1. The maximum absolute atomic E-state index is 12.9. The number of para-hydroxylation sites is 1. The highest BCUT2D eigenvalue weighted by Gasteiger charge is 2.19. The number of carbonyl (C=O) groups excluding carboxylic acids is 1. The summed E-state index contributed by atoms with van der Waals surface area (Å²) in [6.07, 6.45) is 0. The molecule has 0 saturated heterocycles. The zero-order chi connectivity index (χ0) is 21.3. The monoisotopic (exact) mass is 401 g/mol. The van der Waals surface area contributed by atoms with Crippen LogP contribution in [0.2, 0.25) is 0 Å². The molecule has 8 heteroatoms. The van der Waals surface area contributed by atoms with E-state index in [0.29, 0.717) is 17.2 Å². The number of aryl methyl sites for hydroxylation is 2. The average Bonchev–Trinajstić information content (AvgIpc) is 3.08. The SMILES string of the molecule is Cc1cccc(-n2nc(C(=O)Nc3cc(C)nn3-c3ccccc3)c(O)cc2=O)c1. The molecular weight excluding hydrogens is 382 g/mol. The Morgan fingerprint density at radius 2 is 1.63 bits per heavy atom. The first-order valence-electron chi connectivity index (χ1n) is 9.26. The maximum atomic E-state index is 12.9. The lowest BCUT2D eigenvalue weighted by atomic mass is 10.2. The summed E-state index contributed by atoms with van der Waals surface area (Å²) in [6, 6.07) is 19.1. The van der Waals surface area contributed by atoms with Crippen molar-refractivity contribution in [2.24, 2.45) is 0 Å². The van der Waals surface area contributed by atoms with E-state index in [2.05, 4.69) is 15.5 Å². The fourth-order valence-electron chi connectivity index (χ4n) is 3.08. The first-order valence-corrected chi connectivity index (χ1v) is 9.26. The molecule has 0 atom stereocenters. The largest absolute Gasteiger partial charge is 0.505 e. The molecule has 1 amide bonds. The lowest BCUT2D eigenvalue weighted by molar-refractivity contribution is 0.101. The van der Waals surface area contributed by atoms with Gasteiger partial charge in [-0.05, 0) is 43.7 Å². The van der Waals surface area contributed by atoms with Crippen molar-refractivity contribution in [1.29, 1.82) is 0 Å². The van der Waals surface area contributed by atoms with Crippen LogP contribution in [0.25, 0.3) is 11.4 Å². The third kappa shape index (κ3) is 3.70. The predicted octanol–water partition coefficient (Wildman–Crippen LogP) is 2.99. The molecule has 2 aromatic carbocycles. The van der Waals surface area contributed by atoms with E-state index in [1.807, 2.05) is 50.2 Å². The second-order valence-electron chi connectivity index (χ2n) is 6.84. The van der Waals surface area contributed by atoms with Crippen molar-refractivity contribution in [1.82, 2.24) is 19.6 Å². The highest BCUT2D eigenvalue weighted by atomic mass is 16.3. The van der Waals surface area contributed by atoms with Crippen molar-refractivity contribution in [3.8, 4) is 17.1 Å². The van der Waals surface area contributed by atoms with Crippen LogP contribution in [-0.2, 0) is 0 Å². The smallest absolute Gasteiger partial charge is 0.281 e. The number of rotatable bonds is 4. The van der Waals surface area contributed by atoms with Gasteiger partial charge in [0.2, 0.25) is 0 Å². The van der Waals surface area contributed by atoms with Gasteiger partial charge in [0.05, 0.1) is 17.1 Å².